The Kier molecular flexibility index (Phi) is 11.6. The second-order valence-electron chi connectivity index (χ2n) is 10.6. The summed E-state index contributed by atoms with van der Waals surface area (Å²) in [6, 6.07) is 35.4. The van der Waals surface area contributed by atoms with E-state index in [1.165, 1.54) is 5.56 Å². The smallest absolute Gasteiger partial charge is 0.251 e. The second kappa shape index (κ2) is 15.5. The number of rotatable bonds is 13. The third-order valence-electron chi connectivity index (χ3n) is 7.58. The standard InChI is InChI=1S/C35H36ClN3O2.ClH/c36-30-15-9-10-25(22-30)24-38-35(41)32(16-7-8-21-37-33-23-31(33)28-13-5-2-6-14-28)39-34(40)29-19-17-27(18-20-29)26-11-3-1-4-12-26;/h1-6,9-15,17-20,22,31-33,37H,7-8,16,21,23-24H2,(H,38,41)(H,39,40);1H/t31-,32?,33+;/m0./s1. The van der Waals surface area contributed by atoms with Crippen LogP contribution >= 0.6 is 24.0 Å². The fraction of sp³-hybridized carbons (Fsp3) is 0.257. The number of nitrogens with one attached hydrogen (secondary N) is 3. The molecule has 1 saturated carbocycles. The lowest BCUT2D eigenvalue weighted by Crippen LogP contribution is -2.46. The lowest BCUT2D eigenvalue weighted by Gasteiger charge is -2.19. The highest BCUT2D eigenvalue weighted by Gasteiger charge is 2.37. The van der Waals surface area contributed by atoms with E-state index in [1.54, 1.807) is 18.2 Å². The molecule has 3 N–H and O–H groups in total. The van der Waals surface area contributed by atoms with Gasteiger partial charge in [-0.3, -0.25) is 9.59 Å². The van der Waals surface area contributed by atoms with Gasteiger partial charge < -0.3 is 16.0 Å². The van der Waals surface area contributed by atoms with Gasteiger partial charge in [0.25, 0.3) is 5.91 Å². The minimum Gasteiger partial charge on any atom is -0.350 e. The number of amides is 2. The van der Waals surface area contributed by atoms with E-state index < -0.39 is 6.04 Å². The van der Waals surface area contributed by atoms with Crippen LogP contribution in [0.4, 0.5) is 0 Å². The Morgan fingerprint density at radius 2 is 1.50 bits per heavy atom. The number of hydrogen-bond donors (Lipinski definition) is 3. The van der Waals surface area contributed by atoms with Crippen LogP contribution in [0.1, 0.15) is 53.1 Å². The number of halogens is 2. The van der Waals surface area contributed by atoms with Gasteiger partial charge >= 0.3 is 0 Å². The highest BCUT2D eigenvalue weighted by molar-refractivity contribution is 6.30. The molecule has 0 radical (unpaired) electrons. The molecule has 7 heteroatoms. The van der Waals surface area contributed by atoms with Gasteiger partial charge in [0.2, 0.25) is 5.91 Å². The Morgan fingerprint density at radius 1 is 0.810 bits per heavy atom. The fourth-order valence-corrected chi connectivity index (χ4v) is 5.38. The van der Waals surface area contributed by atoms with Crippen molar-refractivity contribution in [3.8, 4) is 11.1 Å². The first-order chi connectivity index (χ1) is 20.1. The Hall–Kier alpha value is -3.64. The van der Waals surface area contributed by atoms with E-state index >= 15 is 0 Å². The van der Waals surface area contributed by atoms with Gasteiger partial charge in [-0.1, -0.05) is 96.5 Å². The van der Waals surface area contributed by atoms with Crippen molar-refractivity contribution in [3.05, 3.63) is 131 Å². The lowest BCUT2D eigenvalue weighted by molar-refractivity contribution is -0.123. The van der Waals surface area contributed by atoms with Gasteiger partial charge in [0.15, 0.2) is 0 Å². The van der Waals surface area contributed by atoms with Crippen LogP contribution in [0.5, 0.6) is 0 Å². The fourth-order valence-electron chi connectivity index (χ4n) is 5.16. The quantitative estimate of drug-likeness (QED) is 0.142. The molecule has 0 aromatic heterocycles. The molecule has 1 unspecified atom stereocenters. The number of benzene rings is 4. The molecule has 4 aromatic carbocycles. The van der Waals surface area contributed by atoms with Gasteiger partial charge in [-0.25, -0.2) is 0 Å². The van der Waals surface area contributed by atoms with Crippen LogP contribution in [0.3, 0.4) is 0 Å². The zero-order chi connectivity index (χ0) is 28.4. The molecule has 3 atom stereocenters. The largest absolute Gasteiger partial charge is 0.350 e. The first-order valence-electron chi connectivity index (χ1n) is 14.3. The predicted molar refractivity (Wildman–Crippen MR) is 173 cm³/mol. The Bertz CT molecular complexity index is 1430. The molecule has 1 aliphatic carbocycles. The van der Waals surface area contributed by atoms with Crippen molar-refractivity contribution in [2.24, 2.45) is 0 Å². The number of unbranched alkanes of at least 4 members (excludes halogenated alkanes) is 1. The van der Waals surface area contributed by atoms with Crippen LogP contribution < -0.4 is 16.0 Å². The molecule has 0 bridgehead atoms. The molecule has 5 nitrogen and oxygen atoms in total. The summed E-state index contributed by atoms with van der Waals surface area (Å²) in [5, 5.41) is 10.2. The summed E-state index contributed by atoms with van der Waals surface area (Å²) < 4.78 is 0. The highest BCUT2D eigenvalue weighted by Crippen LogP contribution is 2.40. The molecular formula is C35H37Cl2N3O2. The molecule has 0 heterocycles. The van der Waals surface area contributed by atoms with E-state index in [0.29, 0.717) is 35.5 Å². The molecule has 1 fully saturated rings. The summed E-state index contributed by atoms with van der Waals surface area (Å²) in [4.78, 5) is 26.4. The highest BCUT2D eigenvalue weighted by atomic mass is 35.5. The summed E-state index contributed by atoms with van der Waals surface area (Å²) in [5.74, 6) is 0.140. The molecule has 2 amide bonds. The van der Waals surface area contributed by atoms with Gasteiger partial charge in [-0.05, 0) is 78.7 Å². The van der Waals surface area contributed by atoms with Crippen molar-refractivity contribution >= 4 is 35.8 Å². The van der Waals surface area contributed by atoms with Crippen LogP contribution in [-0.2, 0) is 11.3 Å². The van der Waals surface area contributed by atoms with E-state index in [4.69, 9.17) is 11.6 Å². The van der Waals surface area contributed by atoms with Crippen molar-refractivity contribution in [2.45, 2.75) is 50.2 Å². The van der Waals surface area contributed by atoms with Crippen molar-refractivity contribution in [1.29, 1.82) is 0 Å². The monoisotopic (exact) mass is 601 g/mol. The topological polar surface area (TPSA) is 70.2 Å². The first kappa shape index (κ1) is 31.3. The maximum absolute atomic E-state index is 13.2. The molecular weight excluding hydrogens is 565 g/mol. The first-order valence-corrected chi connectivity index (χ1v) is 14.7. The van der Waals surface area contributed by atoms with E-state index in [9.17, 15) is 9.59 Å². The molecule has 42 heavy (non-hydrogen) atoms. The van der Waals surface area contributed by atoms with E-state index in [0.717, 1.165) is 42.5 Å². The number of carbonyl (C=O) groups excluding carboxylic acids is 2. The third kappa shape index (κ3) is 8.93. The zero-order valence-corrected chi connectivity index (χ0v) is 25.0. The van der Waals surface area contributed by atoms with Crippen molar-refractivity contribution in [3.63, 3.8) is 0 Å². The third-order valence-corrected chi connectivity index (χ3v) is 7.81. The van der Waals surface area contributed by atoms with Crippen LogP contribution in [0.15, 0.2) is 109 Å². The van der Waals surface area contributed by atoms with E-state index in [-0.39, 0.29) is 24.2 Å². The summed E-state index contributed by atoms with van der Waals surface area (Å²) >= 11 is 6.10. The summed E-state index contributed by atoms with van der Waals surface area (Å²) in [6.45, 7) is 1.24. The molecule has 0 saturated heterocycles. The summed E-state index contributed by atoms with van der Waals surface area (Å²) in [7, 11) is 0. The van der Waals surface area contributed by atoms with Gasteiger partial charge in [0, 0.05) is 29.1 Å². The molecule has 4 aromatic rings. The number of hydrogen-bond acceptors (Lipinski definition) is 3. The lowest BCUT2D eigenvalue weighted by atomic mass is 10.0. The molecule has 1 aliphatic rings. The molecule has 5 rings (SSSR count). The van der Waals surface area contributed by atoms with Crippen LogP contribution in [0.2, 0.25) is 5.02 Å². The van der Waals surface area contributed by atoms with Gasteiger partial charge in [0.05, 0.1) is 0 Å². The average molecular weight is 603 g/mol. The van der Waals surface area contributed by atoms with E-state index in [1.807, 2.05) is 60.7 Å². The van der Waals surface area contributed by atoms with E-state index in [2.05, 4.69) is 46.3 Å². The average Bonchev–Trinajstić information content (AvgIpc) is 3.80. The minimum atomic E-state index is -0.631. The summed E-state index contributed by atoms with van der Waals surface area (Å²) in [5.41, 5.74) is 4.96. The predicted octanol–water partition coefficient (Wildman–Crippen LogP) is 7.16. The molecule has 0 spiro atoms. The van der Waals surface area contributed by atoms with Crippen molar-refractivity contribution in [2.75, 3.05) is 6.54 Å². The maximum Gasteiger partial charge on any atom is 0.251 e. The number of carbonyl (C=O) groups is 2. The van der Waals surface area contributed by atoms with Gasteiger partial charge in [-0.15, -0.1) is 12.4 Å². The molecule has 218 valence electrons. The Labute approximate surface area is 259 Å². The van der Waals surface area contributed by atoms with Gasteiger partial charge in [0.1, 0.15) is 6.04 Å². The second-order valence-corrected chi connectivity index (χ2v) is 11.1. The minimum absolute atomic E-state index is 0. The maximum atomic E-state index is 13.2. The zero-order valence-electron chi connectivity index (χ0n) is 23.5. The van der Waals surface area contributed by atoms with Gasteiger partial charge in [-0.2, -0.15) is 0 Å². The summed E-state index contributed by atoms with van der Waals surface area (Å²) in [6.07, 6.45) is 3.47. The SMILES string of the molecule is Cl.O=C(NC(CCCCN[C@@H]1C[C@H]1c1ccccc1)C(=O)NCc1cccc(Cl)c1)c1ccc(-c2ccccc2)cc1. The van der Waals surface area contributed by atoms with Crippen molar-refractivity contribution < 1.29 is 9.59 Å². The normalized spacial score (nSPS) is 16.1. The van der Waals surface area contributed by atoms with Crippen LogP contribution in [0, 0.1) is 0 Å². The van der Waals surface area contributed by atoms with Crippen molar-refractivity contribution in [1.82, 2.24) is 16.0 Å². The Morgan fingerprint density at radius 3 is 2.21 bits per heavy atom. The Balaban J connectivity index is 0.00000405. The van der Waals surface area contributed by atoms with Crippen LogP contribution in [-0.4, -0.2) is 30.4 Å². The molecule has 0 aliphatic heterocycles. The van der Waals surface area contributed by atoms with Crippen LogP contribution in [0.25, 0.3) is 11.1 Å².